The second-order valence-electron chi connectivity index (χ2n) is 7.16. The number of aromatic nitrogens is 2. The Kier molecular flexibility index (Phi) is 3.90. The number of nitrogens with one attached hydrogen (secondary N) is 2. The van der Waals surface area contributed by atoms with E-state index < -0.39 is 0 Å². The third-order valence-electron chi connectivity index (χ3n) is 5.58. The summed E-state index contributed by atoms with van der Waals surface area (Å²) >= 11 is 6.42. The van der Waals surface area contributed by atoms with Crippen LogP contribution in [0.15, 0.2) is 54.6 Å². The van der Waals surface area contributed by atoms with Gasteiger partial charge in [0.25, 0.3) is 5.91 Å². The first-order valence-electron chi connectivity index (χ1n) is 9.21. The molecular weight excluding hydrogens is 360 g/mol. The molecule has 2 aliphatic rings. The molecule has 5 nitrogen and oxygen atoms in total. The highest BCUT2D eigenvalue weighted by Crippen LogP contribution is 2.54. The number of hydrogen-bond acceptors (Lipinski definition) is 3. The van der Waals surface area contributed by atoms with Crippen molar-refractivity contribution in [1.29, 1.82) is 0 Å². The van der Waals surface area contributed by atoms with E-state index in [1.54, 1.807) is 0 Å². The fraction of sp³-hybridized carbons (Fsp3) is 0.238. The third-order valence-corrected chi connectivity index (χ3v) is 5.90. The Bertz CT molecular complexity index is 1010. The first-order valence-corrected chi connectivity index (χ1v) is 9.59. The van der Waals surface area contributed by atoms with Gasteiger partial charge >= 0.3 is 0 Å². The number of para-hydroxylation sites is 2. The van der Waals surface area contributed by atoms with Gasteiger partial charge in [-0.1, -0.05) is 41.9 Å². The summed E-state index contributed by atoms with van der Waals surface area (Å²) in [5.41, 5.74) is 10.2. The average Bonchev–Trinajstić information content (AvgIpc) is 3.40. The normalized spacial score (nSPS) is 19.7. The van der Waals surface area contributed by atoms with Crippen LogP contribution < -0.4 is 10.9 Å². The monoisotopic (exact) mass is 378 g/mol. The Morgan fingerprint density at radius 3 is 2.59 bits per heavy atom. The van der Waals surface area contributed by atoms with Crippen LogP contribution in [0.25, 0.3) is 5.69 Å². The summed E-state index contributed by atoms with van der Waals surface area (Å²) in [6, 6.07) is 17.2. The first-order chi connectivity index (χ1) is 13.2. The van der Waals surface area contributed by atoms with Crippen molar-refractivity contribution >= 4 is 23.2 Å². The van der Waals surface area contributed by atoms with Gasteiger partial charge < -0.3 is 0 Å². The smallest absolute Gasteiger partial charge is 0.290 e. The topological polar surface area (TPSA) is 59.0 Å². The molecule has 2 atom stereocenters. The van der Waals surface area contributed by atoms with Crippen molar-refractivity contribution in [2.75, 3.05) is 5.43 Å². The van der Waals surface area contributed by atoms with E-state index in [0.717, 1.165) is 41.9 Å². The number of carbonyl (C=O) groups excluding carboxylic acids is 1. The summed E-state index contributed by atoms with van der Waals surface area (Å²) in [7, 11) is 0. The summed E-state index contributed by atoms with van der Waals surface area (Å²) in [5, 5.41) is 5.33. The lowest BCUT2D eigenvalue weighted by atomic mass is 9.95. The van der Waals surface area contributed by atoms with E-state index in [9.17, 15) is 4.79 Å². The van der Waals surface area contributed by atoms with Gasteiger partial charge in [-0.05, 0) is 49.4 Å². The van der Waals surface area contributed by atoms with E-state index in [4.69, 9.17) is 16.7 Å². The molecule has 1 fully saturated rings. The number of anilines is 1. The fourth-order valence-electron chi connectivity index (χ4n) is 4.42. The van der Waals surface area contributed by atoms with Crippen molar-refractivity contribution in [2.45, 2.75) is 31.1 Å². The van der Waals surface area contributed by atoms with Crippen LogP contribution in [0.4, 0.5) is 5.69 Å². The summed E-state index contributed by atoms with van der Waals surface area (Å²) < 4.78 is 1.89. The lowest BCUT2D eigenvalue weighted by Gasteiger charge is -2.14. The molecule has 2 aliphatic carbocycles. The van der Waals surface area contributed by atoms with Crippen LogP contribution in [0.5, 0.6) is 0 Å². The Labute approximate surface area is 162 Å². The highest BCUT2D eigenvalue weighted by Gasteiger charge is 2.44. The molecule has 1 saturated carbocycles. The number of amides is 1. The molecule has 3 aromatic rings. The third kappa shape index (κ3) is 2.70. The zero-order valence-electron chi connectivity index (χ0n) is 14.7. The summed E-state index contributed by atoms with van der Waals surface area (Å²) in [6.07, 6.45) is 3.37. The molecule has 1 amide bonds. The number of rotatable bonds is 4. The molecule has 136 valence electrons. The molecule has 2 N–H and O–H groups in total. The van der Waals surface area contributed by atoms with Gasteiger partial charge in [0, 0.05) is 11.5 Å². The maximum atomic E-state index is 12.9. The van der Waals surface area contributed by atoms with Gasteiger partial charge in [-0.2, -0.15) is 5.10 Å². The SMILES string of the molecule is O=C(NNc1ccccc1)c1nn(-c2ccccc2Cl)c2c1C1CCC2C1. The second-order valence-corrected chi connectivity index (χ2v) is 7.57. The number of nitrogens with zero attached hydrogens (tertiary/aromatic N) is 2. The van der Waals surface area contributed by atoms with Gasteiger partial charge in [0.15, 0.2) is 5.69 Å². The molecule has 2 unspecified atom stereocenters. The average molecular weight is 379 g/mol. The Morgan fingerprint density at radius 2 is 1.78 bits per heavy atom. The number of halogens is 1. The minimum Gasteiger partial charge on any atom is -0.298 e. The van der Waals surface area contributed by atoms with Crippen LogP contribution in [0.3, 0.4) is 0 Å². The standard InChI is InChI=1S/C21H19ClN4O/c22-16-8-4-5-9-17(16)26-20-14-11-10-13(12-14)18(20)19(25-26)21(27)24-23-15-6-2-1-3-7-15/h1-9,13-14,23H,10-12H2,(H,24,27). The maximum absolute atomic E-state index is 12.9. The van der Waals surface area contributed by atoms with Gasteiger partial charge in [0.2, 0.25) is 0 Å². The molecule has 0 aliphatic heterocycles. The zero-order chi connectivity index (χ0) is 18.4. The van der Waals surface area contributed by atoms with Crippen LogP contribution in [0.1, 0.15) is 52.8 Å². The summed E-state index contributed by atoms with van der Waals surface area (Å²) in [5.74, 6) is 0.657. The lowest BCUT2D eigenvalue weighted by Crippen LogP contribution is -2.30. The quantitative estimate of drug-likeness (QED) is 0.650. The minimum atomic E-state index is -0.214. The van der Waals surface area contributed by atoms with E-state index in [0.29, 0.717) is 22.6 Å². The van der Waals surface area contributed by atoms with Gasteiger partial charge in [-0.3, -0.25) is 15.6 Å². The Balaban J connectivity index is 1.52. The van der Waals surface area contributed by atoms with Gasteiger partial charge in [-0.25, -0.2) is 4.68 Å². The Hall–Kier alpha value is -2.79. The minimum absolute atomic E-state index is 0.214. The van der Waals surface area contributed by atoms with E-state index in [2.05, 4.69) is 10.9 Å². The number of carbonyl (C=O) groups is 1. The predicted octanol–water partition coefficient (Wildman–Crippen LogP) is 4.65. The van der Waals surface area contributed by atoms with Crippen LogP contribution in [0.2, 0.25) is 5.02 Å². The fourth-order valence-corrected chi connectivity index (χ4v) is 4.63. The predicted molar refractivity (Wildman–Crippen MR) is 105 cm³/mol. The molecule has 0 radical (unpaired) electrons. The largest absolute Gasteiger partial charge is 0.298 e. The molecule has 1 heterocycles. The molecule has 5 rings (SSSR count). The van der Waals surface area contributed by atoms with Crippen molar-refractivity contribution in [3.05, 3.63) is 76.6 Å². The highest BCUT2D eigenvalue weighted by molar-refractivity contribution is 6.32. The highest BCUT2D eigenvalue weighted by atomic mass is 35.5. The molecule has 0 spiro atoms. The summed E-state index contributed by atoms with van der Waals surface area (Å²) in [4.78, 5) is 12.9. The van der Waals surface area contributed by atoms with Crippen LogP contribution in [-0.2, 0) is 0 Å². The first kappa shape index (κ1) is 16.4. The second kappa shape index (κ2) is 6.43. The van der Waals surface area contributed by atoms with Crippen LogP contribution in [0, 0.1) is 0 Å². The number of hydrogen-bond donors (Lipinski definition) is 2. The van der Waals surface area contributed by atoms with Crippen molar-refractivity contribution in [1.82, 2.24) is 15.2 Å². The van der Waals surface area contributed by atoms with Crippen molar-refractivity contribution in [3.63, 3.8) is 0 Å². The molecule has 2 bridgehead atoms. The molecule has 27 heavy (non-hydrogen) atoms. The number of fused-ring (bicyclic) bond motifs is 5. The van der Waals surface area contributed by atoms with Gasteiger partial charge in [-0.15, -0.1) is 0 Å². The van der Waals surface area contributed by atoms with E-state index in [-0.39, 0.29) is 5.91 Å². The Morgan fingerprint density at radius 1 is 1.04 bits per heavy atom. The molecule has 1 aromatic heterocycles. The maximum Gasteiger partial charge on any atom is 0.290 e. The number of benzene rings is 2. The molecule has 2 aromatic carbocycles. The van der Waals surface area contributed by atoms with Crippen molar-refractivity contribution in [2.24, 2.45) is 0 Å². The van der Waals surface area contributed by atoms with Gasteiger partial charge in [0.1, 0.15) is 0 Å². The number of hydrazine groups is 1. The van der Waals surface area contributed by atoms with Crippen LogP contribution >= 0.6 is 11.6 Å². The molecule has 0 saturated heterocycles. The van der Waals surface area contributed by atoms with Crippen LogP contribution in [-0.4, -0.2) is 15.7 Å². The summed E-state index contributed by atoms with van der Waals surface area (Å²) in [6.45, 7) is 0. The van der Waals surface area contributed by atoms with Gasteiger partial charge in [0.05, 0.1) is 22.1 Å². The molecular formula is C21H19ClN4O. The molecule has 6 heteroatoms. The van der Waals surface area contributed by atoms with E-state index in [1.807, 2.05) is 59.3 Å². The lowest BCUT2D eigenvalue weighted by molar-refractivity contribution is 0.0956. The van der Waals surface area contributed by atoms with Crippen molar-refractivity contribution in [3.8, 4) is 5.69 Å². The van der Waals surface area contributed by atoms with E-state index >= 15 is 0 Å². The van der Waals surface area contributed by atoms with Crippen molar-refractivity contribution < 1.29 is 4.79 Å². The zero-order valence-corrected chi connectivity index (χ0v) is 15.4. The van der Waals surface area contributed by atoms with E-state index in [1.165, 1.54) is 0 Å².